The number of nitrogens with one attached hydrogen (secondary N) is 2. The minimum atomic E-state index is 0. The van der Waals surface area contributed by atoms with Gasteiger partial charge in [-0.15, -0.1) is 24.0 Å². The van der Waals surface area contributed by atoms with Crippen LogP contribution in [0, 0.1) is 5.92 Å². The summed E-state index contributed by atoms with van der Waals surface area (Å²) in [5.41, 5.74) is 0. The zero-order valence-corrected chi connectivity index (χ0v) is 16.4. The highest BCUT2D eigenvalue weighted by atomic mass is 127. The number of furan rings is 1. The van der Waals surface area contributed by atoms with Gasteiger partial charge in [-0.25, -0.2) is 0 Å². The molecule has 5 nitrogen and oxygen atoms in total. The molecule has 2 rings (SSSR count). The van der Waals surface area contributed by atoms with Gasteiger partial charge in [0, 0.05) is 33.2 Å². The predicted octanol–water partition coefficient (Wildman–Crippen LogP) is 3.20. The van der Waals surface area contributed by atoms with Crippen LogP contribution in [0.2, 0.25) is 0 Å². The normalized spacial score (nSPS) is 16.0. The second-order valence-corrected chi connectivity index (χ2v) is 5.87. The molecule has 1 heterocycles. The second kappa shape index (κ2) is 12.6. The van der Waals surface area contributed by atoms with Crippen LogP contribution in [0.4, 0.5) is 0 Å². The standard InChI is InChI=1S/C17H29N3O2.HI/c1-21-13-11-19-17(18-10-9-16-8-5-12-22-16)20-14-15-6-3-2-4-7-15;/h5,8,12,15H,2-4,6-7,9-11,13-14H2,1H3,(H2,18,19,20);1H. The van der Waals surface area contributed by atoms with E-state index in [0.29, 0.717) is 6.61 Å². The van der Waals surface area contributed by atoms with E-state index in [-0.39, 0.29) is 24.0 Å². The molecule has 0 aromatic carbocycles. The summed E-state index contributed by atoms with van der Waals surface area (Å²) >= 11 is 0. The molecule has 0 aliphatic heterocycles. The predicted molar refractivity (Wildman–Crippen MR) is 105 cm³/mol. The Morgan fingerprint density at radius 1 is 1.26 bits per heavy atom. The Kier molecular flexibility index (Phi) is 11.1. The van der Waals surface area contributed by atoms with Crippen LogP contribution in [0.25, 0.3) is 0 Å². The molecule has 0 amide bonds. The quantitative estimate of drug-likeness (QED) is 0.285. The molecule has 0 bridgehead atoms. The van der Waals surface area contributed by atoms with E-state index in [1.165, 1.54) is 32.1 Å². The molecule has 2 N–H and O–H groups in total. The molecule has 0 radical (unpaired) electrons. The van der Waals surface area contributed by atoms with Gasteiger partial charge >= 0.3 is 0 Å². The molecule has 1 fully saturated rings. The Bertz CT molecular complexity index is 417. The van der Waals surface area contributed by atoms with Gasteiger partial charge in [-0.05, 0) is 30.9 Å². The van der Waals surface area contributed by atoms with Crippen molar-refractivity contribution >= 4 is 29.9 Å². The zero-order chi connectivity index (χ0) is 15.5. The Balaban J connectivity index is 0.00000264. The van der Waals surface area contributed by atoms with Crippen LogP contribution in [-0.2, 0) is 11.2 Å². The highest BCUT2D eigenvalue weighted by Gasteiger charge is 2.13. The summed E-state index contributed by atoms with van der Waals surface area (Å²) in [5.74, 6) is 2.63. The molecular weight excluding hydrogens is 405 g/mol. The van der Waals surface area contributed by atoms with Gasteiger partial charge in [-0.3, -0.25) is 4.99 Å². The van der Waals surface area contributed by atoms with E-state index >= 15 is 0 Å². The number of rotatable bonds is 8. The lowest BCUT2D eigenvalue weighted by molar-refractivity contribution is 0.203. The molecule has 1 saturated carbocycles. The van der Waals surface area contributed by atoms with Gasteiger partial charge in [0.05, 0.1) is 12.9 Å². The molecule has 0 unspecified atom stereocenters. The van der Waals surface area contributed by atoms with Gasteiger partial charge in [0.25, 0.3) is 0 Å². The summed E-state index contributed by atoms with van der Waals surface area (Å²) in [7, 11) is 1.71. The second-order valence-electron chi connectivity index (χ2n) is 5.87. The van der Waals surface area contributed by atoms with E-state index in [2.05, 4.69) is 10.6 Å². The number of hydrogen-bond donors (Lipinski definition) is 2. The Morgan fingerprint density at radius 3 is 2.74 bits per heavy atom. The van der Waals surface area contributed by atoms with E-state index in [0.717, 1.165) is 43.7 Å². The topological polar surface area (TPSA) is 58.8 Å². The summed E-state index contributed by atoms with van der Waals surface area (Å²) in [5, 5.41) is 6.70. The van der Waals surface area contributed by atoms with Crippen LogP contribution < -0.4 is 10.6 Å². The largest absolute Gasteiger partial charge is 0.469 e. The summed E-state index contributed by atoms with van der Waals surface area (Å²) in [4.78, 5) is 4.75. The van der Waals surface area contributed by atoms with E-state index in [9.17, 15) is 0 Å². The Labute approximate surface area is 156 Å². The number of guanidine groups is 1. The van der Waals surface area contributed by atoms with Crippen molar-refractivity contribution in [1.29, 1.82) is 0 Å². The fourth-order valence-corrected chi connectivity index (χ4v) is 2.79. The molecular formula is C17H30IN3O2. The average Bonchev–Trinajstić information content (AvgIpc) is 3.06. The fraction of sp³-hybridized carbons (Fsp3) is 0.706. The van der Waals surface area contributed by atoms with Crippen molar-refractivity contribution < 1.29 is 9.15 Å². The maximum absolute atomic E-state index is 5.35. The van der Waals surface area contributed by atoms with Gasteiger partial charge in [-0.2, -0.15) is 0 Å². The van der Waals surface area contributed by atoms with Crippen LogP contribution in [0.5, 0.6) is 0 Å². The monoisotopic (exact) mass is 435 g/mol. The molecule has 1 aromatic rings. The first-order chi connectivity index (χ1) is 10.9. The number of nitrogens with zero attached hydrogens (tertiary/aromatic N) is 1. The first-order valence-corrected chi connectivity index (χ1v) is 8.42. The van der Waals surface area contributed by atoms with Gasteiger partial charge in [0.2, 0.25) is 0 Å². The number of halogens is 1. The molecule has 0 atom stereocenters. The number of ether oxygens (including phenoxy) is 1. The number of hydrogen-bond acceptors (Lipinski definition) is 3. The average molecular weight is 435 g/mol. The Morgan fingerprint density at radius 2 is 2.04 bits per heavy atom. The highest BCUT2D eigenvalue weighted by molar-refractivity contribution is 14.0. The molecule has 0 spiro atoms. The molecule has 132 valence electrons. The smallest absolute Gasteiger partial charge is 0.191 e. The first kappa shape index (κ1) is 20.3. The van der Waals surface area contributed by atoms with E-state index in [1.54, 1.807) is 13.4 Å². The van der Waals surface area contributed by atoms with Gasteiger partial charge in [-0.1, -0.05) is 19.3 Å². The lowest BCUT2D eigenvalue weighted by atomic mass is 9.89. The third-order valence-electron chi connectivity index (χ3n) is 4.07. The molecule has 1 aromatic heterocycles. The van der Waals surface area contributed by atoms with E-state index in [4.69, 9.17) is 14.1 Å². The first-order valence-electron chi connectivity index (χ1n) is 8.42. The van der Waals surface area contributed by atoms with Gasteiger partial charge in [0.15, 0.2) is 5.96 Å². The molecule has 6 heteroatoms. The number of aliphatic imine (C=N–C) groups is 1. The van der Waals surface area contributed by atoms with E-state index < -0.39 is 0 Å². The van der Waals surface area contributed by atoms with Crippen molar-refractivity contribution in [2.75, 3.05) is 33.4 Å². The molecule has 1 aliphatic carbocycles. The molecule has 23 heavy (non-hydrogen) atoms. The fourth-order valence-electron chi connectivity index (χ4n) is 2.79. The maximum atomic E-state index is 5.35. The van der Waals surface area contributed by atoms with Crippen molar-refractivity contribution in [2.24, 2.45) is 10.9 Å². The van der Waals surface area contributed by atoms with Crippen molar-refractivity contribution in [3.05, 3.63) is 24.2 Å². The molecule has 1 aliphatic rings. The van der Waals surface area contributed by atoms with Crippen molar-refractivity contribution in [3.8, 4) is 0 Å². The zero-order valence-electron chi connectivity index (χ0n) is 14.1. The van der Waals surface area contributed by atoms with Crippen LogP contribution in [0.15, 0.2) is 27.8 Å². The summed E-state index contributed by atoms with van der Waals surface area (Å²) < 4.78 is 10.4. The lowest BCUT2D eigenvalue weighted by Gasteiger charge is -2.20. The van der Waals surface area contributed by atoms with Crippen molar-refractivity contribution in [3.63, 3.8) is 0 Å². The van der Waals surface area contributed by atoms with Crippen LogP contribution in [-0.4, -0.2) is 39.3 Å². The van der Waals surface area contributed by atoms with Crippen molar-refractivity contribution in [2.45, 2.75) is 38.5 Å². The summed E-state index contributed by atoms with van der Waals surface area (Å²) in [6.07, 6.45) is 9.33. The molecule has 0 saturated heterocycles. The summed E-state index contributed by atoms with van der Waals surface area (Å²) in [6, 6.07) is 3.92. The van der Waals surface area contributed by atoms with Crippen LogP contribution in [0.3, 0.4) is 0 Å². The van der Waals surface area contributed by atoms with Crippen LogP contribution >= 0.6 is 24.0 Å². The maximum Gasteiger partial charge on any atom is 0.191 e. The lowest BCUT2D eigenvalue weighted by Crippen LogP contribution is -2.40. The third-order valence-corrected chi connectivity index (χ3v) is 4.07. The summed E-state index contributed by atoms with van der Waals surface area (Å²) in [6.45, 7) is 3.19. The van der Waals surface area contributed by atoms with E-state index in [1.807, 2.05) is 12.1 Å². The van der Waals surface area contributed by atoms with Gasteiger partial charge < -0.3 is 19.8 Å². The minimum absolute atomic E-state index is 0. The van der Waals surface area contributed by atoms with Gasteiger partial charge in [0.1, 0.15) is 5.76 Å². The third kappa shape index (κ3) is 8.60. The van der Waals surface area contributed by atoms with Crippen LogP contribution in [0.1, 0.15) is 37.9 Å². The number of methoxy groups -OCH3 is 1. The van der Waals surface area contributed by atoms with Crippen molar-refractivity contribution in [1.82, 2.24) is 10.6 Å². The minimum Gasteiger partial charge on any atom is -0.469 e. The SMILES string of the molecule is COCCNC(=NCC1CCCCC1)NCCc1ccco1.I. The highest BCUT2D eigenvalue weighted by Crippen LogP contribution is 2.23. The Hall–Kier alpha value is -0.760.